The van der Waals surface area contributed by atoms with Crippen molar-refractivity contribution in [1.82, 2.24) is 9.29 Å². The van der Waals surface area contributed by atoms with E-state index in [1.54, 1.807) is 12.1 Å². The maximum absolute atomic E-state index is 13.2. The second-order valence-electron chi connectivity index (χ2n) is 9.77. The fourth-order valence-electron chi connectivity index (χ4n) is 4.23. The zero-order valence-electron chi connectivity index (χ0n) is 23.3. The summed E-state index contributed by atoms with van der Waals surface area (Å²) < 4.78 is 72.0. The van der Waals surface area contributed by atoms with E-state index in [9.17, 15) is 27.1 Å². The maximum atomic E-state index is 13.2. The largest absolute Gasteiger partial charge is 0.760 e. The Bertz CT molecular complexity index is 1490. The van der Waals surface area contributed by atoms with Gasteiger partial charge in [-0.25, -0.2) is 9.10 Å². The average molecular weight is 673 g/mol. The summed E-state index contributed by atoms with van der Waals surface area (Å²) >= 11 is 9.76. The second kappa shape index (κ2) is 15.6. The van der Waals surface area contributed by atoms with Crippen molar-refractivity contribution in [1.29, 1.82) is 0 Å². The number of benzene rings is 2. The molecule has 236 valence electrons. The summed E-state index contributed by atoms with van der Waals surface area (Å²) in [5.74, 6) is -1.52. The number of ether oxygens (including phenoxy) is 4. The van der Waals surface area contributed by atoms with Crippen LogP contribution in [0.3, 0.4) is 0 Å². The number of carbonyl (C=O) groups is 2. The summed E-state index contributed by atoms with van der Waals surface area (Å²) in [5.41, 5.74) is 1.13. The highest BCUT2D eigenvalue weighted by Crippen LogP contribution is 2.38. The highest BCUT2D eigenvalue weighted by molar-refractivity contribution is 7.76. The van der Waals surface area contributed by atoms with E-state index in [4.69, 9.17) is 37.4 Å². The third-order valence-corrected chi connectivity index (χ3v) is 7.96. The highest BCUT2D eigenvalue weighted by atomic mass is 35.5. The number of alkyl halides is 2. The van der Waals surface area contributed by atoms with E-state index in [0.717, 1.165) is 17.1 Å². The molecule has 0 aliphatic heterocycles. The topological polar surface area (TPSA) is 127 Å². The van der Waals surface area contributed by atoms with Crippen LogP contribution in [0, 0.1) is 5.92 Å². The molecule has 0 amide bonds. The fourth-order valence-corrected chi connectivity index (χ4v) is 5.20. The van der Waals surface area contributed by atoms with Gasteiger partial charge in [0.25, 0.3) is 0 Å². The SMILES string of the molecule is COC(=O)c1ccccc1CN(CC(=O)OC(Cc1c(Cl)cncc1Cl)c1ccc(OC(F)F)c(OCC2CC2)c1)S(=O)[O-]. The van der Waals surface area contributed by atoms with Crippen LogP contribution >= 0.6 is 23.2 Å². The van der Waals surface area contributed by atoms with Crippen LogP contribution in [0.2, 0.25) is 10.0 Å². The number of rotatable bonds is 15. The first-order chi connectivity index (χ1) is 21.0. The minimum absolute atomic E-state index is 0.0179. The Balaban J connectivity index is 1.61. The molecule has 0 N–H and O–H groups in total. The normalized spacial score (nSPS) is 14.3. The molecule has 0 bridgehead atoms. The van der Waals surface area contributed by atoms with Gasteiger partial charge in [-0.3, -0.25) is 14.0 Å². The first-order valence-corrected chi connectivity index (χ1v) is 15.0. The standard InChI is InChI=1S/C29H28Cl2F2N2O8S/c1-40-28(37)20-5-3-2-4-19(20)14-35(44(38)39)15-27(36)42-25(11-21-22(30)12-34-13-23(21)31)18-8-9-24(43-29(32)33)26(10-18)41-16-17-6-7-17/h2-5,8-10,12-13,17,25,29H,6-7,11,14-16H2,1H3,(H,38,39)/p-1. The molecule has 1 aliphatic carbocycles. The van der Waals surface area contributed by atoms with Crippen molar-refractivity contribution in [3.63, 3.8) is 0 Å². The van der Waals surface area contributed by atoms with Gasteiger partial charge in [0.1, 0.15) is 12.6 Å². The molecule has 3 aromatic rings. The van der Waals surface area contributed by atoms with Crippen molar-refractivity contribution in [3.8, 4) is 11.5 Å². The van der Waals surface area contributed by atoms with Crippen molar-refractivity contribution in [2.24, 2.45) is 5.92 Å². The van der Waals surface area contributed by atoms with Gasteiger partial charge in [0, 0.05) is 36.6 Å². The summed E-state index contributed by atoms with van der Waals surface area (Å²) in [6, 6.07) is 10.3. The van der Waals surface area contributed by atoms with Crippen LogP contribution < -0.4 is 9.47 Å². The predicted octanol–water partition coefficient (Wildman–Crippen LogP) is 5.69. The monoisotopic (exact) mass is 671 g/mol. The van der Waals surface area contributed by atoms with Crippen LogP contribution in [-0.2, 0) is 38.5 Å². The molecule has 10 nitrogen and oxygen atoms in total. The molecule has 1 fully saturated rings. The molecule has 1 saturated carbocycles. The Labute approximate surface area is 264 Å². The van der Waals surface area contributed by atoms with Crippen molar-refractivity contribution < 1.29 is 46.1 Å². The molecular formula is C29H27Cl2F2N2O8S-. The van der Waals surface area contributed by atoms with E-state index in [-0.39, 0.29) is 46.7 Å². The molecule has 1 aromatic heterocycles. The molecule has 2 unspecified atom stereocenters. The van der Waals surface area contributed by atoms with Crippen molar-refractivity contribution in [3.05, 3.63) is 87.2 Å². The smallest absolute Gasteiger partial charge is 0.387 e. The van der Waals surface area contributed by atoms with Gasteiger partial charge in [0.15, 0.2) is 11.5 Å². The number of aromatic nitrogens is 1. The molecule has 4 rings (SSSR count). The number of hydrogen-bond acceptors (Lipinski definition) is 9. The quantitative estimate of drug-likeness (QED) is 0.148. The summed E-state index contributed by atoms with van der Waals surface area (Å²) in [7, 11) is 1.19. The summed E-state index contributed by atoms with van der Waals surface area (Å²) in [6.07, 6.45) is 3.42. The van der Waals surface area contributed by atoms with Crippen molar-refractivity contribution >= 4 is 46.4 Å². The lowest BCUT2D eigenvalue weighted by Gasteiger charge is -2.26. The van der Waals surface area contributed by atoms with E-state index >= 15 is 0 Å². The fraction of sp³-hybridized carbons (Fsp3) is 0.345. The molecule has 1 aliphatic rings. The molecule has 0 saturated heterocycles. The van der Waals surface area contributed by atoms with E-state index in [1.807, 2.05) is 0 Å². The molecule has 2 atom stereocenters. The van der Waals surface area contributed by atoms with Crippen LogP contribution in [0.15, 0.2) is 54.9 Å². The summed E-state index contributed by atoms with van der Waals surface area (Å²) in [5, 5.41) is 0.367. The first-order valence-electron chi connectivity index (χ1n) is 13.2. The molecule has 2 aromatic carbocycles. The molecule has 15 heteroatoms. The third-order valence-electron chi connectivity index (χ3n) is 6.63. The lowest BCUT2D eigenvalue weighted by molar-refractivity contribution is -0.149. The number of methoxy groups -OCH3 is 1. The van der Waals surface area contributed by atoms with Crippen molar-refractivity contribution in [2.75, 3.05) is 20.3 Å². The summed E-state index contributed by atoms with van der Waals surface area (Å²) in [6.45, 7) is -3.87. The minimum atomic E-state index is -3.10. The Kier molecular flexibility index (Phi) is 11.9. The Morgan fingerprint density at radius 2 is 1.82 bits per heavy atom. The van der Waals surface area contributed by atoms with Gasteiger partial charge < -0.3 is 23.5 Å². The van der Waals surface area contributed by atoms with Gasteiger partial charge >= 0.3 is 18.6 Å². The van der Waals surface area contributed by atoms with Gasteiger partial charge in [-0.2, -0.15) is 8.78 Å². The zero-order chi connectivity index (χ0) is 31.8. The maximum Gasteiger partial charge on any atom is 0.387 e. The molecular weight excluding hydrogens is 645 g/mol. The zero-order valence-corrected chi connectivity index (χ0v) is 25.6. The first kappa shape index (κ1) is 33.5. The van der Waals surface area contributed by atoms with Crippen LogP contribution in [0.5, 0.6) is 11.5 Å². The Morgan fingerprint density at radius 3 is 2.45 bits per heavy atom. The Hall–Kier alpha value is -3.36. The van der Waals surface area contributed by atoms with Gasteiger partial charge in [-0.1, -0.05) is 47.5 Å². The summed E-state index contributed by atoms with van der Waals surface area (Å²) in [4.78, 5) is 29.3. The second-order valence-corrected chi connectivity index (χ2v) is 11.5. The van der Waals surface area contributed by atoms with Crippen LogP contribution in [0.1, 0.15) is 46.0 Å². The Morgan fingerprint density at radius 1 is 1.11 bits per heavy atom. The third kappa shape index (κ3) is 9.32. The number of hydrogen-bond donors (Lipinski definition) is 0. The van der Waals surface area contributed by atoms with Crippen LogP contribution in [0.4, 0.5) is 8.78 Å². The highest BCUT2D eigenvalue weighted by Gasteiger charge is 2.27. The van der Waals surface area contributed by atoms with Crippen molar-refractivity contribution in [2.45, 2.75) is 38.5 Å². The molecule has 1 heterocycles. The van der Waals surface area contributed by atoms with Gasteiger partial charge in [0.2, 0.25) is 0 Å². The molecule has 0 radical (unpaired) electrons. The number of halogens is 4. The van der Waals surface area contributed by atoms with Gasteiger partial charge in [0.05, 0.1) is 29.3 Å². The predicted molar refractivity (Wildman–Crippen MR) is 155 cm³/mol. The lowest BCUT2D eigenvalue weighted by Crippen LogP contribution is -2.33. The molecule has 44 heavy (non-hydrogen) atoms. The number of nitrogens with zero attached hydrogens (tertiary/aromatic N) is 2. The van der Waals surface area contributed by atoms with Crippen LogP contribution in [0.25, 0.3) is 0 Å². The average Bonchev–Trinajstić information content (AvgIpc) is 3.82. The van der Waals surface area contributed by atoms with E-state index in [2.05, 4.69) is 9.72 Å². The van der Waals surface area contributed by atoms with E-state index in [1.165, 1.54) is 49.8 Å². The number of carbonyl (C=O) groups excluding carboxylic acids is 2. The van der Waals surface area contributed by atoms with E-state index in [0.29, 0.717) is 22.6 Å². The lowest BCUT2D eigenvalue weighted by atomic mass is 10.0. The molecule has 0 spiro atoms. The van der Waals surface area contributed by atoms with Crippen LogP contribution in [-0.4, -0.2) is 56.9 Å². The van der Waals surface area contributed by atoms with Gasteiger partial charge in [-0.15, -0.1) is 0 Å². The number of esters is 2. The minimum Gasteiger partial charge on any atom is -0.760 e. The number of pyridine rings is 1. The van der Waals surface area contributed by atoms with E-state index < -0.39 is 42.5 Å². The van der Waals surface area contributed by atoms with Gasteiger partial charge in [-0.05, 0) is 53.6 Å².